The summed E-state index contributed by atoms with van der Waals surface area (Å²) in [5.74, 6) is 0.551. The normalized spacial score (nSPS) is 12.5. The quantitative estimate of drug-likeness (QED) is 0.680. The summed E-state index contributed by atoms with van der Waals surface area (Å²) < 4.78 is 3.84. The van der Waals surface area contributed by atoms with Gasteiger partial charge < -0.3 is 15.0 Å². The zero-order valence-electron chi connectivity index (χ0n) is 15.4. The topological polar surface area (TPSA) is 85.0 Å². The first-order valence-electron chi connectivity index (χ1n) is 8.84. The molecule has 3 aromatic rings. The number of carbonyl (C=O) groups excluding carboxylic acids is 1. The van der Waals surface area contributed by atoms with E-state index < -0.39 is 0 Å². The highest BCUT2D eigenvalue weighted by molar-refractivity contribution is 5.78. The van der Waals surface area contributed by atoms with Gasteiger partial charge >= 0.3 is 0 Å². The number of carbonyl (C=O) groups is 1. The molecule has 2 heterocycles. The number of aliphatic hydroxyl groups excluding tert-OH is 1. The van der Waals surface area contributed by atoms with Gasteiger partial charge in [-0.25, -0.2) is 4.98 Å². The van der Waals surface area contributed by atoms with Crippen LogP contribution in [0, 0.1) is 13.8 Å². The van der Waals surface area contributed by atoms with Gasteiger partial charge in [0.15, 0.2) is 0 Å². The van der Waals surface area contributed by atoms with E-state index in [1.54, 1.807) is 0 Å². The van der Waals surface area contributed by atoms with Crippen molar-refractivity contribution >= 4 is 16.9 Å². The van der Waals surface area contributed by atoms with Gasteiger partial charge in [-0.3, -0.25) is 9.48 Å². The number of hydrogen-bond donors (Lipinski definition) is 2. The second kappa shape index (κ2) is 7.70. The molecule has 0 aliphatic rings. The lowest BCUT2D eigenvalue weighted by Gasteiger charge is -2.15. The molecule has 0 radical (unpaired) electrons. The largest absolute Gasteiger partial charge is 0.388 e. The molecule has 0 spiro atoms. The summed E-state index contributed by atoms with van der Waals surface area (Å²) in [6, 6.07) is 9.81. The highest BCUT2D eigenvalue weighted by atomic mass is 16.3. The van der Waals surface area contributed by atoms with Crippen molar-refractivity contribution < 1.29 is 9.90 Å². The van der Waals surface area contributed by atoms with Crippen molar-refractivity contribution in [2.45, 2.75) is 46.4 Å². The van der Waals surface area contributed by atoms with Crippen molar-refractivity contribution in [2.24, 2.45) is 0 Å². The fourth-order valence-electron chi connectivity index (χ4n) is 3.24. The van der Waals surface area contributed by atoms with Crippen molar-refractivity contribution in [1.29, 1.82) is 0 Å². The Kier molecular flexibility index (Phi) is 5.37. The van der Waals surface area contributed by atoms with Gasteiger partial charge in [-0.05, 0) is 39.0 Å². The van der Waals surface area contributed by atoms with Gasteiger partial charge in [-0.15, -0.1) is 0 Å². The number of aryl methyl sites for hydroxylation is 3. The summed E-state index contributed by atoms with van der Waals surface area (Å²) >= 11 is 0. The molecule has 0 aliphatic heterocycles. The van der Waals surface area contributed by atoms with E-state index >= 15 is 0 Å². The third kappa shape index (κ3) is 3.77. The van der Waals surface area contributed by atoms with E-state index in [1.807, 2.05) is 60.4 Å². The van der Waals surface area contributed by atoms with Crippen molar-refractivity contribution in [3.63, 3.8) is 0 Å². The van der Waals surface area contributed by atoms with E-state index in [2.05, 4.69) is 15.4 Å². The van der Waals surface area contributed by atoms with Gasteiger partial charge in [-0.1, -0.05) is 12.1 Å². The van der Waals surface area contributed by atoms with Crippen LogP contribution in [-0.4, -0.2) is 36.9 Å². The van der Waals surface area contributed by atoms with Crippen LogP contribution in [0.1, 0.15) is 36.6 Å². The average molecular weight is 355 g/mol. The third-order valence-electron chi connectivity index (χ3n) is 4.49. The monoisotopic (exact) mass is 355 g/mol. The standard InChI is InChI=1S/C19H25N5O2/c1-13-10-14(2)24(22-13)15(3)11-20-19(26)8-9-23-17-7-5-4-6-16(17)21-18(23)12-25/h4-7,10,15,25H,8-9,11-12H2,1-3H3,(H,20,26)/t15-/m0/s1. The van der Waals surface area contributed by atoms with Crippen LogP contribution < -0.4 is 5.32 Å². The SMILES string of the molecule is Cc1cc(C)n([C@@H](C)CNC(=O)CCn2c(CO)nc3ccccc32)n1. The number of aliphatic hydroxyl groups is 1. The highest BCUT2D eigenvalue weighted by Gasteiger charge is 2.13. The molecule has 7 nitrogen and oxygen atoms in total. The highest BCUT2D eigenvalue weighted by Crippen LogP contribution is 2.16. The molecule has 2 N–H and O–H groups in total. The molecule has 1 amide bonds. The smallest absolute Gasteiger partial charge is 0.221 e. The van der Waals surface area contributed by atoms with Crippen LogP contribution in [0.4, 0.5) is 0 Å². The lowest BCUT2D eigenvalue weighted by molar-refractivity contribution is -0.121. The van der Waals surface area contributed by atoms with Crippen LogP contribution >= 0.6 is 0 Å². The van der Waals surface area contributed by atoms with Crippen molar-refractivity contribution in [3.8, 4) is 0 Å². The minimum absolute atomic E-state index is 0.0277. The number of hydrogen-bond acceptors (Lipinski definition) is 4. The third-order valence-corrected chi connectivity index (χ3v) is 4.49. The molecule has 1 atom stereocenters. The molecule has 7 heteroatoms. The molecule has 3 rings (SSSR count). The van der Waals surface area contributed by atoms with Crippen molar-refractivity contribution in [3.05, 3.63) is 47.5 Å². The van der Waals surface area contributed by atoms with Gasteiger partial charge in [0.1, 0.15) is 12.4 Å². The summed E-state index contributed by atoms with van der Waals surface area (Å²) in [4.78, 5) is 16.7. The Balaban J connectivity index is 1.58. The molecule has 0 fully saturated rings. The lowest BCUT2D eigenvalue weighted by atomic mass is 10.3. The minimum atomic E-state index is -0.148. The summed E-state index contributed by atoms with van der Waals surface area (Å²) in [7, 11) is 0. The van der Waals surface area contributed by atoms with Gasteiger partial charge in [0.25, 0.3) is 0 Å². The fourth-order valence-corrected chi connectivity index (χ4v) is 3.24. The summed E-state index contributed by atoms with van der Waals surface area (Å²) in [6.45, 7) is 6.87. The second-order valence-corrected chi connectivity index (χ2v) is 6.60. The number of benzene rings is 1. The Morgan fingerprint density at radius 2 is 2.08 bits per heavy atom. The first-order chi connectivity index (χ1) is 12.5. The van der Waals surface area contributed by atoms with E-state index in [0.717, 1.165) is 22.4 Å². The summed E-state index contributed by atoms with van der Waals surface area (Å²) in [5, 5.41) is 16.9. The van der Waals surface area contributed by atoms with Gasteiger partial charge in [0.05, 0.1) is 22.8 Å². The number of aromatic nitrogens is 4. The molecule has 0 bridgehead atoms. The molecular weight excluding hydrogens is 330 g/mol. The zero-order chi connectivity index (χ0) is 18.7. The Morgan fingerprint density at radius 3 is 2.77 bits per heavy atom. The zero-order valence-corrected chi connectivity index (χ0v) is 15.4. The Bertz CT molecular complexity index is 912. The number of rotatable bonds is 7. The van der Waals surface area contributed by atoms with Crippen LogP contribution in [0.5, 0.6) is 0 Å². The molecule has 1 aromatic carbocycles. The molecule has 2 aromatic heterocycles. The first kappa shape index (κ1) is 18.1. The Hall–Kier alpha value is -2.67. The summed E-state index contributed by atoms with van der Waals surface area (Å²) in [6.07, 6.45) is 0.331. The van der Waals surface area contributed by atoms with Crippen LogP contribution in [0.2, 0.25) is 0 Å². The van der Waals surface area contributed by atoms with Crippen LogP contribution in [0.3, 0.4) is 0 Å². The summed E-state index contributed by atoms with van der Waals surface area (Å²) in [5.41, 5.74) is 3.82. The average Bonchev–Trinajstić information content (AvgIpc) is 3.16. The Morgan fingerprint density at radius 1 is 1.31 bits per heavy atom. The van der Waals surface area contributed by atoms with Crippen LogP contribution in [0.15, 0.2) is 30.3 Å². The lowest BCUT2D eigenvalue weighted by Crippen LogP contribution is -2.31. The number of nitrogens with one attached hydrogen (secondary N) is 1. The molecule has 26 heavy (non-hydrogen) atoms. The van der Waals surface area contributed by atoms with Gasteiger partial charge in [0, 0.05) is 25.2 Å². The second-order valence-electron chi connectivity index (χ2n) is 6.60. The molecule has 0 saturated carbocycles. The van der Waals surface area contributed by atoms with Crippen molar-refractivity contribution in [2.75, 3.05) is 6.54 Å². The molecule has 0 saturated heterocycles. The molecule has 0 unspecified atom stereocenters. The van der Waals surface area contributed by atoms with E-state index in [0.29, 0.717) is 25.3 Å². The first-order valence-corrected chi connectivity index (χ1v) is 8.84. The maximum atomic E-state index is 12.3. The predicted octanol–water partition coefficient (Wildman–Crippen LogP) is 2.11. The van der Waals surface area contributed by atoms with Crippen molar-refractivity contribution in [1.82, 2.24) is 24.6 Å². The predicted molar refractivity (Wildman–Crippen MR) is 99.7 cm³/mol. The number of fused-ring (bicyclic) bond motifs is 1. The maximum absolute atomic E-state index is 12.3. The number of imidazole rings is 1. The molecule has 138 valence electrons. The Labute approximate surface area is 152 Å². The van der Waals surface area contributed by atoms with E-state index in [-0.39, 0.29) is 18.6 Å². The number of amides is 1. The number of nitrogens with zero attached hydrogens (tertiary/aromatic N) is 4. The van der Waals surface area contributed by atoms with E-state index in [1.165, 1.54) is 0 Å². The fraction of sp³-hybridized carbons (Fsp3) is 0.421. The van der Waals surface area contributed by atoms with E-state index in [9.17, 15) is 9.90 Å². The molecular formula is C19H25N5O2. The molecule has 0 aliphatic carbocycles. The van der Waals surface area contributed by atoms with E-state index in [4.69, 9.17) is 0 Å². The van der Waals surface area contributed by atoms with Crippen LogP contribution in [0.25, 0.3) is 11.0 Å². The maximum Gasteiger partial charge on any atom is 0.221 e. The minimum Gasteiger partial charge on any atom is -0.388 e. The van der Waals surface area contributed by atoms with Gasteiger partial charge in [0.2, 0.25) is 5.91 Å². The van der Waals surface area contributed by atoms with Crippen LogP contribution in [-0.2, 0) is 17.9 Å². The van der Waals surface area contributed by atoms with Gasteiger partial charge in [-0.2, -0.15) is 5.10 Å². The number of para-hydroxylation sites is 2.